The molecule has 1 aromatic rings. The molecule has 0 atom stereocenters. The molecule has 0 radical (unpaired) electrons. The summed E-state index contributed by atoms with van der Waals surface area (Å²) >= 11 is 7.06. The van der Waals surface area contributed by atoms with Crippen molar-refractivity contribution in [3.05, 3.63) is 21.3 Å². The molecule has 6 heteroatoms. The van der Waals surface area contributed by atoms with Crippen LogP contribution in [-0.4, -0.2) is 54.7 Å². The highest BCUT2D eigenvalue weighted by atomic mass is 35.5. The number of hydrogen-bond donors (Lipinski definition) is 0. The third kappa shape index (κ3) is 3.06. The fourth-order valence-electron chi connectivity index (χ4n) is 1.69. The van der Waals surface area contributed by atoms with Crippen molar-refractivity contribution in [1.29, 1.82) is 0 Å². The van der Waals surface area contributed by atoms with Gasteiger partial charge in [-0.05, 0) is 12.1 Å². The van der Waals surface area contributed by atoms with Gasteiger partial charge in [-0.3, -0.25) is 14.5 Å². The summed E-state index contributed by atoms with van der Waals surface area (Å²) < 4.78 is 0.614. The largest absolute Gasteiger partial charge is 0.343 e. The highest BCUT2D eigenvalue weighted by Crippen LogP contribution is 2.22. The van der Waals surface area contributed by atoms with E-state index >= 15 is 0 Å². The number of ketones is 1. The minimum atomic E-state index is 0.0271. The van der Waals surface area contributed by atoms with Gasteiger partial charge in [0.15, 0.2) is 5.78 Å². The highest BCUT2D eigenvalue weighted by molar-refractivity contribution is 7.18. The van der Waals surface area contributed by atoms with Gasteiger partial charge in [0.1, 0.15) is 0 Å². The van der Waals surface area contributed by atoms with Crippen molar-refractivity contribution in [2.24, 2.45) is 0 Å². The van der Waals surface area contributed by atoms with Crippen LogP contribution in [0.15, 0.2) is 12.1 Å². The second-order valence-electron chi connectivity index (χ2n) is 4.05. The molecule has 0 bridgehead atoms. The first-order valence-corrected chi connectivity index (χ1v) is 6.50. The van der Waals surface area contributed by atoms with E-state index in [1.165, 1.54) is 11.3 Å². The Morgan fingerprint density at radius 1 is 1.47 bits per heavy atom. The summed E-state index contributed by atoms with van der Waals surface area (Å²) in [5.41, 5.74) is 0. The SMILES string of the molecule is CN1CCN(CC(=O)c2ccc(Cl)s2)CC1=O. The van der Waals surface area contributed by atoms with E-state index in [4.69, 9.17) is 11.6 Å². The van der Waals surface area contributed by atoms with Crippen LogP contribution in [0.2, 0.25) is 4.34 Å². The summed E-state index contributed by atoms with van der Waals surface area (Å²) in [5.74, 6) is 0.0903. The zero-order valence-electron chi connectivity index (χ0n) is 9.48. The standard InChI is InChI=1S/C11H13ClN2O2S/c1-13-4-5-14(7-11(13)16)6-8(15)9-2-3-10(12)17-9/h2-3H,4-7H2,1H3. The van der Waals surface area contributed by atoms with Crippen LogP contribution in [0.1, 0.15) is 9.67 Å². The Morgan fingerprint density at radius 2 is 2.24 bits per heavy atom. The molecule has 0 spiro atoms. The molecule has 4 nitrogen and oxygen atoms in total. The van der Waals surface area contributed by atoms with Gasteiger partial charge in [0, 0.05) is 20.1 Å². The average molecular weight is 273 g/mol. The summed E-state index contributed by atoms with van der Waals surface area (Å²) in [6.07, 6.45) is 0. The predicted octanol–water partition coefficient (Wildman–Crippen LogP) is 1.36. The van der Waals surface area contributed by atoms with E-state index in [0.29, 0.717) is 22.3 Å². The predicted molar refractivity (Wildman–Crippen MR) is 67.7 cm³/mol. The summed E-state index contributed by atoms with van der Waals surface area (Å²) in [4.78, 5) is 27.6. The molecule has 0 N–H and O–H groups in total. The summed E-state index contributed by atoms with van der Waals surface area (Å²) in [5, 5.41) is 0. The first-order valence-electron chi connectivity index (χ1n) is 5.31. The van der Waals surface area contributed by atoms with E-state index in [0.717, 1.165) is 6.54 Å². The third-order valence-electron chi connectivity index (χ3n) is 2.75. The van der Waals surface area contributed by atoms with Crippen LogP contribution in [0.4, 0.5) is 0 Å². The number of likely N-dealkylation sites (N-methyl/N-ethyl adjacent to an activating group) is 1. The van der Waals surface area contributed by atoms with Crippen molar-refractivity contribution in [3.8, 4) is 0 Å². The van der Waals surface area contributed by atoms with Crippen molar-refractivity contribution >= 4 is 34.6 Å². The van der Waals surface area contributed by atoms with Crippen LogP contribution >= 0.6 is 22.9 Å². The fraction of sp³-hybridized carbons (Fsp3) is 0.455. The van der Waals surface area contributed by atoms with E-state index in [1.807, 2.05) is 4.90 Å². The molecule has 1 aliphatic heterocycles. The molecule has 0 saturated carbocycles. The number of nitrogens with zero attached hydrogens (tertiary/aromatic N) is 2. The van der Waals surface area contributed by atoms with E-state index in [2.05, 4.69) is 0 Å². The number of carbonyl (C=O) groups is 2. The average Bonchev–Trinajstić information content (AvgIpc) is 2.70. The molecule has 1 aromatic heterocycles. The topological polar surface area (TPSA) is 40.6 Å². The molecule has 92 valence electrons. The van der Waals surface area contributed by atoms with Gasteiger partial charge in [0.05, 0.1) is 22.3 Å². The number of hydrogen-bond acceptors (Lipinski definition) is 4. The zero-order valence-corrected chi connectivity index (χ0v) is 11.1. The zero-order chi connectivity index (χ0) is 12.4. The first kappa shape index (κ1) is 12.5. The van der Waals surface area contributed by atoms with E-state index in [9.17, 15) is 9.59 Å². The van der Waals surface area contributed by atoms with Gasteiger partial charge < -0.3 is 4.90 Å². The Kier molecular flexibility index (Phi) is 3.81. The second kappa shape index (κ2) is 5.16. The number of piperazine rings is 1. The lowest BCUT2D eigenvalue weighted by Gasteiger charge is -2.31. The minimum Gasteiger partial charge on any atom is -0.343 e. The van der Waals surface area contributed by atoms with Crippen LogP contribution in [0.5, 0.6) is 0 Å². The van der Waals surface area contributed by atoms with Gasteiger partial charge in [-0.2, -0.15) is 0 Å². The number of carbonyl (C=O) groups excluding carboxylic acids is 2. The Labute approximate surface area is 109 Å². The molecule has 2 rings (SSSR count). The molecule has 2 heterocycles. The maximum absolute atomic E-state index is 11.9. The highest BCUT2D eigenvalue weighted by Gasteiger charge is 2.23. The fourth-order valence-corrected chi connectivity index (χ4v) is 2.66. The Morgan fingerprint density at radius 3 is 2.82 bits per heavy atom. The normalized spacial score (nSPS) is 17.5. The van der Waals surface area contributed by atoms with Gasteiger partial charge in [-0.25, -0.2) is 0 Å². The maximum atomic E-state index is 11.9. The Bertz CT molecular complexity index is 446. The second-order valence-corrected chi connectivity index (χ2v) is 5.77. The van der Waals surface area contributed by atoms with E-state index in [1.54, 1.807) is 24.1 Å². The lowest BCUT2D eigenvalue weighted by atomic mass is 10.2. The number of halogens is 1. The lowest BCUT2D eigenvalue weighted by Crippen LogP contribution is -2.49. The first-order chi connectivity index (χ1) is 8.06. The van der Waals surface area contributed by atoms with Crippen LogP contribution in [0.25, 0.3) is 0 Å². The Hall–Kier alpha value is -0.910. The molecule has 1 fully saturated rings. The lowest BCUT2D eigenvalue weighted by molar-refractivity contribution is -0.134. The molecule has 1 aliphatic rings. The van der Waals surface area contributed by atoms with Gasteiger partial charge in [-0.15, -0.1) is 11.3 Å². The monoisotopic (exact) mass is 272 g/mol. The molecule has 0 aromatic carbocycles. The minimum absolute atomic E-state index is 0.0271. The Balaban J connectivity index is 1.93. The number of rotatable bonds is 3. The summed E-state index contributed by atoms with van der Waals surface area (Å²) in [6, 6.07) is 3.45. The van der Waals surface area contributed by atoms with Crippen molar-refractivity contribution in [3.63, 3.8) is 0 Å². The maximum Gasteiger partial charge on any atom is 0.236 e. The van der Waals surface area contributed by atoms with Gasteiger partial charge in [0.2, 0.25) is 5.91 Å². The molecular weight excluding hydrogens is 260 g/mol. The third-order valence-corrected chi connectivity index (χ3v) is 4.02. The number of thiophene rings is 1. The van der Waals surface area contributed by atoms with Gasteiger partial charge in [-0.1, -0.05) is 11.6 Å². The van der Waals surface area contributed by atoms with Crippen LogP contribution in [0, 0.1) is 0 Å². The van der Waals surface area contributed by atoms with E-state index < -0.39 is 0 Å². The van der Waals surface area contributed by atoms with Crippen LogP contribution in [0.3, 0.4) is 0 Å². The smallest absolute Gasteiger partial charge is 0.236 e. The summed E-state index contributed by atoms with van der Waals surface area (Å²) in [7, 11) is 1.78. The number of Topliss-reactive ketones (excluding diaryl/α,β-unsaturated/α-hetero) is 1. The van der Waals surface area contributed by atoms with Gasteiger partial charge in [0.25, 0.3) is 0 Å². The van der Waals surface area contributed by atoms with Crippen LogP contribution in [-0.2, 0) is 4.79 Å². The molecular formula is C11H13ClN2O2S. The molecule has 0 unspecified atom stereocenters. The molecule has 17 heavy (non-hydrogen) atoms. The van der Waals surface area contributed by atoms with Crippen molar-refractivity contribution in [1.82, 2.24) is 9.80 Å². The quantitative estimate of drug-likeness (QED) is 0.780. The molecule has 0 aliphatic carbocycles. The summed E-state index contributed by atoms with van der Waals surface area (Å²) in [6.45, 7) is 2.03. The molecule has 1 amide bonds. The van der Waals surface area contributed by atoms with E-state index in [-0.39, 0.29) is 18.2 Å². The van der Waals surface area contributed by atoms with Crippen molar-refractivity contribution in [2.45, 2.75) is 0 Å². The number of amides is 1. The van der Waals surface area contributed by atoms with Gasteiger partial charge >= 0.3 is 0 Å². The van der Waals surface area contributed by atoms with Crippen molar-refractivity contribution < 1.29 is 9.59 Å². The van der Waals surface area contributed by atoms with Crippen LogP contribution < -0.4 is 0 Å². The van der Waals surface area contributed by atoms with Crippen molar-refractivity contribution in [2.75, 3.05) is 33.2 Å². The molecule has 1 saturated heterocycles.